The minimum atomic E-state index is 0.0736. The molecular weight excluding hydrogens is 496 g/mol. The van der Waals surface area contributed by atoms with Gasteiger partial charge in [0.2, 0.25) is 0 Å². The Morgan fingerprint density at radius 1 is 1.00 bits per heavy atom. The maximum absolute atomic E-state index is 13.4. The molecule has 0 radical (unpaired) electrons. The van der Waals surface area contributed by atoms with Gasteiger partial charge in [-0.05, 0) is 86.6 Å². The van der Waals surface area contributed by atoms with Gasteiger partial charge in [-0.1, -0.05) is 36.9 Å². The van der Waals surface area contributed by atoms with E-state index in [0.29, 0.717) is 17.5 Å². The van der Waals surface area contributed by atoms with Crippen molar-refractivity contribution in [2.75, 3.05) is 23.7 Å². The molecule has 0 saturated carbocycles. The first-order valence-electron chi connectivity index (χ1n) is 14.0. The minimum Gasteiger partial charge on any atom is -0.368 e. The maximum atomic E-state index is 13.4. The first kappa shape index (κ1) is 27.2. The number of hydrogen-bond acceptors (Lipinski definition) is 5. The van der Waals surface area contributed by atoms with Crippen LogP contribution in [0.2, 0.25) is 0 Å². The van der Waals surface area contributed by atoms with E-state index in [9.17, 15) is 4.79 Å². The molecule has 40 heavy (non-hydrogen) atoms. The van der Waals surface area contributed by atoms with E-state index < -0.39 is 0 Å². The number of nitrogens with one attached hydrogen (secondary N) is 2. The molecule has 4 aromatic rings. The Kier molecular flexibility index (Phi) is 8.01. The van der Waals surface area contributed by atoms with E-state index in [0.717, 1.165) is 60.0 Å². The molecule has 1 amide bonds. The van der Waals surface area contributed by atoms with Crippen LogP contribution in [0.1, 0.15) is 59.7 Å². The molecule has 0 bridgehead atoms. The third-order valence-corrected chi connectivity index (χ3v) is 7.60. The third-order valence-electron chi connectivity index (χ3n) is 7.60. The average molecular weight is 535 g/mol. The molecule has 0 spiro atoms. The molecule has 2 aromatic carbocycles. The molecule has 5 rings (SSSR count). The van der Waals surface area contributed by atoms with Crippen molar-refractivity contribution >= 4 is 23.1 Å². The molecule has 2 N–H and O–H groups in total. The van der Waals surface area contributed by atoms with Crippen molar-refractivity contribution in [1.82, 2.24) is 19.7 Å². The summed E-state index contributed by atoms with van der Waals surface area (Å²) >= 11 is 0. The van der Waals surface area contributed by atoms with Gasteiger partial charge in [-0.3, -0.25) is 9.48 Å². The lowest BCUT2D eigenvalue weighted by molar-refractivity contribution is 0.0713. The van der Waals surface area contributed by atoms with Gasteiger partial charge in [0.05, 0.1) is 5.69 Å². The van der Waals surface area contributed by atoms with Crippen LogP contribution in [-0.4, -0.2) is 44.7 Å². The minimum absolute atomic E-state index is 0.0736. The largest absolute Gasteiger partial charge is 0.368 e. The van der Waals surface area contributed by atoms with Gasteiger partial charge < -0.3 is 15.5 Å². The lowest BCUT2D eigenvalue weighted by atomic mass is 9.88. The first-order chi connectivity index (χ1) is 19.3. The molecule has 3 heterocycles. The number of carbonyl (C=O) groups is 1. The SMILES string of the molecule is C=C(Nc1cc(C(=O)N2CCC(c3ccc(-c4ccnn4C)cc3)CC2)ccc1C)c1ccc(NC(C)C)nc1. The van der Waals surface area contributed by atoms with Gasteiger partial charge in [0.15, 0.2) is 0 Å². The second kappa shape index (κ2) is 11.8. The normalized spacial score (nSPS) is 13.9. The number of rotatable bonds is 8. The number of amides is 1. The Balaban J connectivity index is 1.20. The van der Waals surface area contributed by atoms with E-state index in [4.69, 9.17) is 0 Å². The average Bonchev–Trinajstić information content (AvgIpc) is 3.40. The summed E-state index contributed by atoms with van der Waals surface area (Å²) in [4.78, 5) is 19.9. The fourth-order valence-corrected chi connectivity index (χ4v) is 5.26. The molecule has 1 saturated heterocycles. The molecule has 0 atom stereocenters. The van der Waals surface area contributed by atoms with E-state index in [1.165, 1.54) is 11.1 Å². The van der Waals surface area contributed by atoms with E-state index in [1.54, 1.807) is 6.20 Å². The Hall–Kier alpha value is -4.39. The summed E-state index contributed by atoms with van der Waals surface area (Å²) < 4.78 is 1.89. The number of pyridine rings is 1. The predicted octanol–water partition coefficient (Wildman–Crippen LogP) is 6.71. The number of aromatic nitrogens is 3. The quantitative estimate of drug-likeness (QED) is 0.263. The summed E-state index contributed by atoms with van der Waals surface area (Å²) in [5.41, 5.74) is 7.87. The van der Waals surface area contributed by atoms with Gasteiger partial charge in [-0.25, -0.2) is 4.98 Å². The lowest BCUT2D eigenvalue weighted by Gasteiger charge is -2.32. The van der Waals surface area contributed by atoms with Crippen LogP contribution in [-0.2, 0) is 7.05 Å². The summed E-state index contributed by atoms with van der Waals surface area (Å²) in [6.45, 7) is 11.9. The van der Waals surface area contributed by atoms with Gasteiger partial charge in [-0.2, -0.15) is 5.10 Å². The molecule has 0 unspecified atom stereocenters. The number of anilines is 2. The number of nitrogens with zero attached hydrogens (tertiary/aromatic N) is 4. The predicted molar refractivity (Wildman–Crippen MR) is 163 cm³/mol. The lowest BCUT2D eigenvalue weighted by Crippen LogP contribution is -2.37. The zero-order valence-corrected chi connectivity index (χ0v) is 23.8. The van der Waals surface area contributed by atoms with Crippen molar-refractivity contribution in [3.05, 3.63) is 102 Å². The molecule has 1 fully saturated rings. The summed E-state index contributed by atoms with van der Waals surface area (Å²) in [7, 11) is 1.96. The van der Waals surface area contributed by atoms with Crippen molar-refractivity contribution in [3.8, 4) is 11.3 Å². The second-order valence-corrected chi connectivity index (χ2v) is 10.9. The number of carbonyl (C=O) groups excluding carboxylic acids is 1. The smallest absolute Gasteiger partial charge is 0.253 e. The topological polar surface area (TPSA) is 75.1 Å². The summed E-state index contributed by atoms with van der Waals surface area (Å²) in [5.74, 6) is 1.36. The standard InChI is InChI=1S/C33H38N6O/c1-22(2)36-32-13-12-29(21-34-32)24(4)37-30-20-28(7-6-23(30)3)33(40)39-18-15-26(16-19-39)25-8-10-27(11-9-25)31-14-17-35-38(31)5/h6-14,17,20-22,26,37H,4,15-16,18-19H2,1-3,5H3,(H,34,36). The van der Waals surface area contributed by atoms with Crippen LogP contribution in [0.15, 0.2) is 79.6 Å². The van der Waals surface area contributed by atoms with Crippen molar-refractivity contribution in [2.24, 2.45) is 7.05 Å². The van der Waals surface area contributed by atoms with Gasteiger partial charge in [0.25, 0.3) is 5.91 Å². The number of aryl methyl sites for hydroxylation is 2. The molecule has 2 aromatic heterocycles. The molecule has 7 nitrogen and oxygen atoms in total. The fourth-order valence-electron chi connectivity index (χ4n) is 5.26. The van der Waals surface area contributed by atoms with E-state index >= 15 is 0 Å². The Bertz CT molecular complexity index is 1480. The maximum Gasteiger partial charge on any atom is 0.253 e. The van der Waals surface area contributed by atoms with Gasteiger partial charge >= 0.3 is 0 Å². The van der Waals surface area contributed by atoms with E-state index in [-0.39, 0.29) is 5.91 Å². The van der Waals surface area contributed by atoms with Crippen LogP contribution in [0.4, 0.5) is 11.5 Å². The molecular formula is C33H38N6O. The van der Waals surface area contributed by atoms with Crippen molar-refractivity contribution in [3.63, 3.8) is 0 Å². The van der Waals surface area contributed by atoms with Gasteiger partial charge in [0.1, 0.15) is 5.82 Å². The number of hydrogen-bond donors (Lipinski definition) is 2. The van der Waals surface area contributed by atoms with Crippen molar-refractivity contribution in [1.29, 1.82) is 0 Å². The van der Waals surface area contributed by atoms with E-state index in [1.807, 2.05) is 66.1 Å². The summed E-state index contributed by atoms with van der Waals surface area (Å²) in [5, 5.41) is 11.0. The highest BCUT2D eigenvalue weighted by Crippen LogP contribution is 2.31. The van der Waals surface area contributed by atoms with Gasteiger partial charge in [-0.15, -0.1) is 0 Å². The Morgan fingerprint density at radius 2 is 1.73 bits per heavy atom. The summed E-state index contributed by atoms with van der Waals surface area (Å²) in [6.07, 6.45) is 5.54. The van der Waals surface area contributed by atoms with Crippen LogP contribution < -0.4 is 10.6 Å². The van der Waals surface area contributed by atoms with Gasteiger partial charge in [0, 0.05) is 61.1 Å². The van der Waals surface area contributed by atoms with E-state index in [2.05, 4.69) is 65.4 Å². The summed E-state index contributed by atoms with van der Waals surface area (Å²) in [6, 6.07) is 20.9. The van der Waals surface area contributed by atoms with Crippen LogP contribution >= 0.6 is 0 Å². The number of benzene rings is 2. The van der Waals surface area contributed by atoms with Crippen LogP contribution in [0, 0.1) is 6.92 Å². The van der Waals surface area contributed by atoms with Crippen LogP contribution in [0.3, 0.4) is 0 Å². The first-order valence-corrected chi connectivity index (χ1v) is 14.0. The highest BCUT2D eigenvalue weighted by atomic mass is 16.2. The van der Waals surface area contributed by atoms with Crippen LogP contribution in [0.5, 0.6) is 0 Å². The Labute approximate surface area is 236 Å². The highest BCUT2D eigenvalue weighted by molar-refractivity contribution is 5.96. The zero-order chi connectivity index (χ0) is 28.2. The monoisotopic (exact) mass is 534 g/mol. The number of piperidine rings is 1. The Morgan fingerprint density at radius 3 is 2.35 bits per heavy atom. The zero-order valence-electron chi connectivity index (χ0n) is 23.8. The van der Waals surface area contributed by atoms with Crippen molar-refractivity contribution in [2.45, 2.75) is 45.6 Å². The molecule has 0 aliphatic carbocycles. The third kappa shape index (κ3) is 6.09. The fraction of sp³-hybridized carbons (Fsp3) is 0.303. The van der Waals surface area contributed by atoms with Crippen LogP contribution in [0.25, 0.3) is 17.0 Å². The second-order valence-electron chi connectivity index (χ2n) is 10.9. The molecule has 7 heteroatoms. The molecule has 1 aliphatic rings. The highest BCUT2D eigenvalue weighted by Gasteiger charge is 2.25. The molecule has 1 aliphatic heterocycles. The van der Waals surface area contributed by atoms with Crippen molar-refractivity contribution < 1.29 is 4.79 Å². The molecule has 206 valence electrons. The number of likely N-dealkylation sites (tertiary alicyclic amines) is 1.